The topological polar surface area (TPSA) is 101 Å². The smallest absolute Gasteiger partial charge is 0.278 e. The minimum atomic E-state index is -3.81. The molecule has 1 amide bonds. The first-order valence-electron chi connectivity index (χ1n) is 7.24. The van der Waals surface area contributed by atoms with Gasteiger partial charge in [0.2, 0.25) is 0 Å². The van der Waals surface area contributed by atoms with Crippen molar-refractivity contribution in [1.82, 2.24) is 15.2 Å². The number of halogens is 1. The zero-order chi connectivity index (χ0) is 18.0. The van der Waals surface area contributed by atoms with Gasteiger partial charge in [0.15, 0.2) is 5.13 Å². The molecule has 1 saturated heterocycles. The Bertz CT molecular complexity index is 874. The van der Waals surface area contributed by atoms with Crippen LogP contribution in [0.5, 0.6) is 0 Å². The van der Waals surface area contributed by atoms with Crippen molar-refractivity contribution in [1.29, 1.82) is 0 Å². The summed E-state index contributed by atoms with van der Waals surface area (Å²) >= 11 is 5.50. The molecule has 25 heavy (non-hydrogen) atoms. The largest absolute Gasteiger partial charge is 0.378 e. The number of nitrogens with zero attached hydrogens (tertiary/aromatic N) is 2. The standard InChI is InChI=1S/C13H15BrN4O4S3/c1-8-11(24-13(15-8)18-4-6-22-7-5-18)12(19)16-17-25(20,21)10-3-2-9(14)23-10/h2-3,17H,4-7H2,1H3,(H,16,19). The van der Waals surface area contributed by atoms with Crippen molar-refractivity contribution < 1.29 is 17.9 Å². The number of aromatic nitrogens is 1. The second-order valence-electron chi connectivity index (χ2n) is 5.13. The van der Waals surface area contributed by atoms with Gasteiger partial charge in [-0.1, -0.05) is 11.3 Å². The van der Waals surface area contributed by atoms with Crippen molar-refractivity contribution in [3.8, 4) is 0 Å². The lowest BCUT2D eigenvalue weighted by Crippen LogP contribution is -2.41. The Hall–Kier alpha value is -1.05. The Balaban J connectivity index is 1.68. The summed E-state index contributed by atoms with van der Waals surface area (Å²) in [5, 5.41) is 0.732. The van der Waals surface area contributed by atoms with Gasteiger partial charge in [-0.15, -0.1) is 16.2 Å². The number of anilines is 1. The number of nitrogens with one attached hydrogen (secondary N) is 2. The van der Waals surface area contributed by atoms with Crippen molar-refractivity contribution in [3.05, 3.63) is 26.5 Å². The lowest BCUT2D eigenvalue weighted by Gasteiger charge is -2.25. The molecule has 0 spiro atoms. The number of thiophene rings is 1. The van der Waals surface area contributed by atoms with Crippen molar-refractivity contribution >= 4 is 59.7 Å². The van der Waals surface area contributed by atoms with Gasteiger partial charge in [-0.2, -0.15) is 0 Å². The summed E-state index contributed by atoms with van der Waals surface area (Å²) < 4.78 is 30.4. The fourth-order valence-corrected chi connectivity index (χ4v) is 6.01. The fraction of sp³-hybridized carbons (Fsp3) is 0.385. The molecule has 0 bridgehead atoms. The number of hydrazine groups is 1. The first kappa shape index (κ1) is 18.7. The summed E-state index contributed by atoms with van der Waals surface area (Å²) in [5.74, 6) is -0.534. The first-order valence-corrected chi connectivity index (χ1v) is 11.2. The van der Waals surface area contributed by atoms with E-state index in [2.05, 4.69) is 31.2 Å². The van der Waals surface area contributed by atoms with Crippen LogP contribution in [0.4, 0.5) is 5.13 Å². The van der Waals surface area contributed by atoms with Crippen LogP contribution in [0.25, 0.3) is 0 Å². The minimum absolute atomic E-state index is 0.106. The molecule has 1 aliphatic heterocycles. The van der Waals surface area contributed by atoms with E-state index in [1.165, 1.54) is 17.4 Å². The zero-order valence-corrected chi connectivity index (χ0v) is 17.1. The molecular weight excluding hydrogens is 452 g/mol. The predicted molar refractivity (Wildman–Crippen MR) is 99.7 cm³/mol. The number of morpholine rings is 1. The van der Waals surface area contributed by atoms with Crippen LogP contribution in [-0.4, -0.2) is 45.6 Å². The third-order valence-electron chi connectivity index (χ3n) is 3.39. The van der Waals surface area contributed by atoms with E-state index < -0.39 is 15.9 Å². The number of ether oxygens (including phenoxy) is 1. The van der Waals surface area contributed by atoms with Crippen molar-refractivity contribution in [3.63, 3.8) is 0 Å². The maximum Gasteiger partial charge on any atom is 0.278 e. The molecule has 2 aromatic heterocycles. The summed E-state index contributed by atoms with van der Waals surface area (Å²) in [4.78, 5) is 21.3. The Morgan fingerprint density at radius 1 is 1.32 bits per heavy atom. The number of amides is 1. The number of hydrogen-bond acceptors (Lipinski definition) is 8. The first-order chi connectivity index (χ1) is 11.9. The van der Waals surface area contributed by atoms with Gasteiger partial charge < -0.3 is 9.64 Å². The van der Waals surface area contributed by atoms with Crippen LogP contribution in [0.3, 0.4) is 0 Å². The van der Waals surface area contributed by atoms with Crippen molar-refractivity contribution in [2.24, 2.45) is 0 Å². The maximum absolute atomic E-state index is 12.3. The molecule has 0 atom stereocenters. The Morgan fingerprint density at radius 2 is 2.04 bits per heavy atom. The molecule has 3 rings (SSSR count). The minimum Gasteiger partial charge on any atom is -0.378 e. The molecule has 0 radical (unpaired) electrons. The van der Waals surface area contributed by atoms with Crippen molar-refractivity contribution in [2.45, 2.75) is 11.1 Å². The van der Waals surface area contributed by atoms with Crippen LogP contribution in [-0.2, 0) is 14.8 Å². The summed E-state index contributed by atoms with van der Waals surface area (Å²) in [5.41, 5.74) is 2.80. The molecule has 0 saturated carbocycles. The van der Waals surface area contributed by atoms with Gasteiger partial charge in [0, 0.05) is 13.1 Å². The molecule has 0 unspecified atom stereocenters. The highest BCUT2D eigenvalue weighted by molar-refractivity contribution is 9.11. The van der Waals surface area contributed by atoms with E-state index in [1.54, 1.807) is 13.0 Å². The molecular formula is C13H15BrN4O4S3. The lowest BCUT2D eigenvalue weighted by atomic mass is 10.4. The van der Waals surface area contributed by atoms with E-state index in [4.69, 9.17) is 4.74 Å². The van der Waals surface area contributed by atoms with E-state index >= 15 is 0 Å². The third kappa shape index (κ3) is 4.38. The summed E-state index contributed by atoms with van der Waals surface area (Å²) in [6.07, 6.45) is 0. The van der Waals surface area contributed by atoms with Gasteiger partial charge in [-0.3, -0.25) is 10.2 Å². The third-order valence-corrected chi connectivity index (χ3v) is 7.97. The van der Waals surface area contributed by atoms with Gasteiger partial charge >= 0.3 is 0 Å². The van der Waals surface area contributed by atoms with Gasteiger partial charge in [0.25, 0.3) is 15.9 Å². The van der Waals surface area contributed by atoms with Gasteiger partial charge in [0.05, 0.1) is 22.7 Å². The number of thiazole rings is 1. The normalized spacial score (nSPS) is 15.4. The molecule has 12 heteroatoms. The molecule has 1 aliphatic rings. The highest BCUT2D eigenvalue weighted by Crippen LogP contribution is 2.27. The number of hydrogen-bond donors (Lipinski definition) is 2. The van der Waals surface area contributed by atoms with Gasteiger partial charge in [0.1, 0.15) is 9.09 Å². The van der Waals surface area contributed by atoms with E-state index in [9.17, 15) is 13.2 Å². The molecule has 2 aromatic rings. The molecule has 2 N–H and O–H groups in total. The maximum atomic E-state index is 12.3. The number of rotatable bonds is 5. The quantitative estimate of drug-likeness (QED) is 0.650. The van der Waals surface area contributed by atoms with Crippen molar-refractivity contribution in [2.75, 3.05) is 31.2 Å². The van der Waals surface area contributed by atoms with Crippen LogP contribution in [0.1, 0.15) is 15.4 Å². The Morgan fingerprint density at radius 3 is 2.68 bits per heavy atom. The monoisotopic (exact) mass is 466 g/mol. The van der Waals surface area contributed by atoms with Gasteiger partial charge in [-0.25, -0.2) is 13.4 Å². The van der Waals surface area contributed by atoms with Crippen LogP contribution in [0, 0.1) is 6.92 Å². The molecule has 1 fully saturated rings. The fourth-order valence-electron chi connectivity index (χ4n) is 2.15. The highest BCUT2D eigenvalue weighted by Gasteiger charge is 2.22. The van der Waals surface area contributed by atoms with Crippen LogP contribution >= 0.6 is 38.6 Å². The van der Waals surface area contributed by atoms with Crippen LogP contribution < -0.4 is 15.2 Å². The van der Waals surface area contributed by atoms with Crippen LogP contribution in [0.2, 0.25) is 0 Å². The average Bonchev–Trinajstić information content (AvgIpc) is 3.20. The number of aryl methyl sites for hydroxylation is 1. The van der Waals surface area contributed by atoms with E-state index in [1.807, 2.05) is 4.90 Å². The zero-order valence-electron chi connectivity index (χ0n) is 13.1. The molecule has 8 nitrogen and oxygen atoms in total. The van der Waals surface area contributed by atoms with E-state index in [0.717, 1.165) is 16.5 Å². The SMILES string of the molecule is Cc1nc(N2CCOCC2)sc1C(=O)NNS(=O)(=O)c1ccc(Br)s1. The number of carbonyl (C=O) groups is 1. The Labute approximate surface area is 161 Å². The number of carbonyl (C=O) groups excluding carboxylic acids is 1. The molecule has 0 aliphatic carbocycles. The predicted octanol–water partition coefficient (Wildman–Crippen LogP) is 1.74. The number of sulfonamides is 1. The second kappa shape index (κ2) is 7.68. The molecule has 3 heterocycles. The van der Waals surface area contributed by atoms with Crippen LogP contribution in [0.15, 0.2) is 20.1 Å². The summed E-state index contributed by atoms with van der Waals surface area (Å²) in [6.45, 7) is 4.40. The second-order valence-corrected chi connectivity index (χ2v) is 10.5. The molecule has 0 aromatic carbocycles. The average molecular weight is 467 g/mol. The molecule has 136 valence electrons. The van der Waals surface area contributed by atoms with E-state index in [0.29, 0.717) is 40.7 Å². The highest BCUT2D eigenvalue weighted by atomic mass is 79.9. The Kier molecular flexibility index (Phi) is 5.75. The summed E-state index contributed by atoms with van der Waals surface area (Å²) in [7, 11) is -3.81. The van der Waals surface area contributed by atoms with E-state index in [-0.39, 0.29) is 4.21 Å². The summed E-state index contributed by atoms with van der Waals surface area (Å²) in [6, 6.07) is 3.08. The van der Waals surface area contributed by atoms with Gasteiger partial charge in [-0.05, 0) is 35.0 Å². The lowest BCUT2D eigenvalue weighted by molar-refractivity contribution is 0.0948.